The van der Waals surface area contributed by atoms with E-state index < -0.39 is 0 Å². The van der Waals surface area contributed by atoms with Crippen molar-refractivity contribution in [2.24, 2.45) is 11.8 Å². The van der Waals surface area contributed by atoms with Crippen LogP contribution in [0.15, 0.2) is 0 Å². The first-order valence-electron chi connectivity index (χ1n) is 11.4. The Morgan fingerprint density at radius 2 is 1.00 bits per heavy atom. The Bertz CT molecular complexity index is 210. The molecule has 0 aliphatic heterocycles. The second kappa shape index (κ2) is 15.5. The largest absolute Gasteiger partial charge is 0.0654 e. The van der Waals surface area contributed by atoms with E-state index >= 15 is 0 Å². The van der Waals surface area contributed by atoms with Gasteiger partial charge < -0.3 is 0 Å². The summed E-state index contributed by atoms with van der Waals surface area (Å²) < 4.78 is 0. The summed E-state index contributed by atoms with van der Waals surface area (Å²) >= 11 is 0. The summed E-state index contributed by atoms with van der Waals surface area (Å²) in [6.45, 7) is 4.64. The van der Waals surface area contributed by atoms with Crippen molar-refractivity contribution in [3.8, 4) is 0 Å². The van der Waals surface area contributed by atoms with Crippen LogP contribution in [0.1, 0.15) is 136 Å². The molecule has 0 spiro atoms. The predicted molar refractivity (Wildman–Crippen MR) is 106 cm³/mol. The Balaban J connectivity index is 2.17. The van der Waals surface area contributed by atoms with Crippen LogP contribution < -0.4 is 0 Å². The van der Waals surface area contributed by atoms with Crippen molar-refractivity contribution in [1.29, 1.82) is 0 Å². The Kier molecular flexibility index (Phi) is 14.2. The molecule has 0 unspecified atom stereocenters. The van der Waals surface area contributed by atoms with Gasteiger partial charge in [-0.05, 0) is 11.8 Å². The highest BCUT2D eigenvalue weighted by Gasteiger charge is 2.22. The molecule has 0 N–H and O–H groups in total. The van der Waals surface area contributed by atoms with Gasteiger partial charge in [-0.3, -0.25) is 0 Å². The van der Waals surface area contributed by atoms with E-state index in [1.165, 1.54) is 96.3 Å². The first kappa shape index (κ1) is 21.0. The van der Waals surface area contributed by atoms with Gasteiger partial charge in [-0.1, -0.05) is 136 Å². The lowest BCUT2D eigenvalue weighted by molar-refractivity contribution is 0.214. The third kappa shape index (κ3) is 11.2. The molecule has 0 heteroatoms. The molecule has 0 radical (unpaired) electrons. The summed E-state index contributed by atoms with van der Waals surface area (Å²) in [5, 5.41) is 0. The maximum atomic E-state index is 2.32. The third-order valence-corrected chi connectivity index (χ3v) is 6.17. The zero-order valence-corrected chi connectivity index (χ0v) is 16.6. The molecule has 0 aromatic heterocycles. The van der Waals surface area contributed by atoms with E-state index in [-0.39, 0.29) is 0 Å². The number of rotatable bonds is 15. The lowest BCUT2D eigenvalue weighted by Gasteiger charge is -2.30. The zero-order chi connectivity index (χ0) is 16.6. The van der Waals surface area contributed by atoms with Gasteiger partial charge in [-0.15, -0.1) is 0 Å². The minimum absolute atomic E-state index is 1.08. The Morgan fingerprint density at radius 3 is 1.48 bits per heavy atom. The highest BCUT2D eigenvalue weighted by molar-refractivity contribution is 4.74. The fourth-order valence-electron chi connectivity index (χ4n) is 4.60. The molecule has 1 rings (SSSR count). The van der Waals surface area contributed by atoms with E-state index in [9.17, 15) is 0 Å². The molecule has 23 heavy (non-hydrogen) atoms. The molecule has 0 atom stereocenters. The molecular formula is C23H46. The average molecular weight is 323 g/mol. The molecule has 1 aliphatic rings. The highest BCUT2D eigenvalue weighted by Crippen LogP contribution is 2.35. The summed E-state index contributed by atoms with van der Waals surface area (Å²) in [6.07, 6.45) is 28.4. The van der Waals surface area contributed by atoms with Crippen molar-refractivity contribution in [3.05, 3.63) is 0 Å². The Labute approximate surface area is 148 Å². The second-order valence-corrected chi connectivity index (χ2v) is 8.27. The summed E-state index contributed by atoms with van der Waals surface area (Å²) in [7, 11) is 0. The average Bonchev–Trinajstić information content (AvgIpc) is 2.60. The summed E-state index contributed by atoms with van der Waals surface area (Å²) in [6, 6.07) is 0. The molecule has 0 heterocycles. The molecule has 0 aromatic carbocycles. The van der Waals surface area contributed by atoms with Gasteiger partial charge in [0.15, 0.2) is 0 Å². The minimum atomic E-state index is 1.08. The van der Waals surface area contributed by atoms with Gasteiger partial charge >= 0.3 is 0 Å². The molecule has 138 valence electrons. The van der Waals surface area contributed by atoms with E-state index in [0.29, 0.717) is 0 Å². The second-order valence-electron chi connectivity index (χ2n) is 8.27. The SMILES string of the molecule is CCCCCCCCC(CCCCCCCC)C1CCCCC1. The van der Waals surface area contributed by atoms with Gasteiger partial charge in [-0.25, -0.2) is 0 Å². The van der Waals surface area contributed by atoms with Crippen molar-refractivity contribution in [1.82, 2.24) is 0 Å². The number of unbranched alkanes of at least 4 members (excludes halogenated alkanes) is 10. The number of hydrogen-bond acceptors (Lipinski definition) is 0. The van der Waals surface area contributed by atoms with Crippen LogP contribution >= 0.6 is 0 Å². The van der Waals surface area contributed by atoms with Crippen LogP contribution in [-0.4, -0.2) is 0 Å². The van der Waals surface area contributed by atoms with Crippen LogP contribution in [0.4, 0.5) is 0 Å². The summed E-state index contributed by atoms with van der Waals surface area (Å²) in [4.78, 5) is 0. The molecule has 1 aliphatic carbocycles. The lowest BCUT2D eigenvalue weighted by Crippen LogP contribution is -2.18. The fraction of sp³-hybridized carbons (Fsp3) is 1.00. The monoisotopic (exact) mass is 322 g/mol. The van der Waals surface area contributed by atoms with E-state index in [4.69, 9.17) is 0 Å². The lowest BCUT2D eigenvalue weighted by atomic mass is 9.75. The van der Waals surface area contributed by atoms with Crippen LogP contribution in [-0.2, 0) is 0 Å². The van der Waals surface area contributed by atoms with E-state index in [2.05, 4.69) is 13.8 Å². The fourth-order valence-corrected chi connectivity index (χ4v) is 4.60. The van der Waals surface area contributed by atoms with Gasteiger partial charge in [-0.2, -0.15) is 0 Å². The van der Waals surface area contributed by atoms with Crippen molar-refractivity contribution in [2.75, 3.05) is 0 Å². The molecule has 0 bridgehead atoms. The van der Waals surface area contributed by atoms with E-state index in [1.54, 1.807) is 25.7 Å². The smallest absolute Gasteiger partial charge is 0.0386 e. The first-order chi connectivity index (χ1) is 11.4. The van der Waals surface area contributed by atoms with Gasteiger partial charge in [0.05, 0.1) is 0 Å². The molecule has 1 fully saturated rings. The maximum absolute atomic E-state index is 2.32. The Hall–Kier alpha value is 0. The third-order valence-electron chi connectivity index (χ3n) is 6.17. The molecule has 0 amide bonds. The minimum Gasteiger partial charge on any atom is -0.0654 e. The summed E-state index contributed by atoms with van der Waals surface area (Å²) in [5.41, 5.74) is 0. The highest BCUT2D eigenvalue weighted by atomic mass is 14.3. The van der Waals surface area contributed by atoms with Crippen LogP contribution in [0.3, 0.4) is 0 Å². The standard InChI is InChI=1S/C23H46/c1-3-5-7-9-11-14-18-22(23-20-16-13-17-21-23)19-15-12-10-8-6-4-2/h22-23H,3-21H2,1-2H3. The molecular weight excluding hydrogens is 276 g/mol. The quantitative estimate of drug-likeness (QED) is 0.264. The Morgan fingerprint density at radius 1 is 0.565 bits per heavy atom. The summed E-state index contributed by atoms with van der Waals surface area (Å²) in [5.74, 6) is 2.17. The predicted octanol–water partition coefficient (Wildman–Crippen LogP) is 8.68. The molecule has 1 saturated carbocycles. The first-order valence-corrected chi connectivity index (χ1v) is 11.4. The molecule has 0 nitrogen and oxygen atoms in total. The van der Waals surface area contributed by atoms with Crippen LogP contribution in [0.25, 0.3) is 0 Å². The van der Waals surface area contributed by atoms with Crippen LogP contribution in [0.2, 0.25) is 0 Å². The van der Waals surface area contributed by atoms with Gasteiger partial charge in [0, 0.05) is 0 Å². The van der Waals surface area contributed by atoms with Crippen LogP contribution in [0, 0.1) is 11.8 Å². The maximum Gasteiger partial charge on any atom is -0.0386 e. The normalized spacial score (nSPS) is 16.3. The van der Waals surface area contributed by atoms with Gasteiger partial charge in [0.2, 0.25) is 0 Å². The van der Waals surface area contributed by atoms with Crippen molar-refractivity contribution in [2.45, 2.75) is 136 Å². The number of hydrogen-bond donors (Lipinski definition) is 0. The van der Waals surface area contributed by atoms with E-state index in [1.807, 2.05) is 0 Å². The zero-order valence-electron chi connectivity index (χ0n) is 16.6. The van der Waals surface area contributed by atoms with Gasteiger partial charge in [0.25, 0.3) is 0 Å². The topological polar surface area (TPSA) is 0 Å². The van der Waals surface area contributed by atoms with E-state index in [0.717, 1.165) is 11.8 Å². The van der Waals surface area contributed by atoms with Crippen LogP contribution in [0.5, 0.6) is 0 Å². The molecule has 0 saturated heterocycles. The van der Waals surface area contributed by atoms with Crippen molar-refractivity contribution < 1.29 is 0 Å². The van der Waals surface area contributed by atoms with Crippen molar-refractivity contribution >= 4 is 0 Å². The van der Waals surface area contributed by atoms with Crippen molar-refractivity contribution in [3.63, 3.8) is 0 Å². The molecule has 0 aromatic rings. The van der Waals surface area contributed by atoms with Gasteiger partial charge in [0.1, 0.15) is 0 Å².